The van der Waals surface area contributed by atoms with Gasteiger partial charge in [-0.3, -0.25) is 14.1 Å². The van der Waals surface area contributed by atoms with Crippen LogP contribution in [0.3, 0.4) is 0 Å². The molecule has 1 saturated heterocycles. The summed E-state index contributed by atoms with van der Waals surface area (Å²) >= 11 is 0. The van der Waals surface area contributed by atoms with Crippen LogP contribution < -0.4 is 9.88 Å². The first-order chi connectivity index (χ1) is 21.1. The molecule has 45 heavy (non-hydrogen) atoms. The van der Waals surface area contributed by atoms with Crippen molar-refractivity contribution < 1.29 is 41.3 Å². The first-order valence-corrected chi connectivity index (χ1v) is 16.5. The van der Waals surface area contributed by atoms with Crippen molar-refractivity contribution in [3.05, 3.63) is 71.6 Å². The highest BCUT2D eigenvalue weighted by Gasteiger charge is 2.45. The van der Waals surface area contributed by atoms with Gasteiger partial charge in [-0.2, -0.15) is 13.0 Å². The first kappa shape index (κ1) is 32.2. The number of aryl methyl sites for hydroxylation is 1. The molecule has 11 nitrogen and oxygen atoms in total. The molecule has 0 atom stereocenters. The number of pyridine rings is 1. The lowest BCUT2D eigenvalue weighted by molar-refractivity contribution is -0.657. The van der Waals surface area contributed by atoms with Crippen molar-refractivity contribution in [2.45, 2.75) is 81.9 Å². The van der Waals surface area contributed by atoms with Gasteiger partial charge in [0.2, 0.25) is 5.69 Å². The number of amides is 2. The lowest BCUT2D eigenvalue weighted by Gasteiger charge is -2.16. The lowest BCUT2D eigenvalue weighted by atomic mass is 9.81. The molecule has 2 aromatic rings. The van der Waals surface area contributed by atoms with Crippen molar-refractivity contribution in [1.29, 1.82) is 0 Å². The maximum atomic E-state index is 12.2. The van der Waals surface area contributed by atoms with E-state index in [1.807, 2.05) is 45.3 Å². The summed E-state index contributed by atoms with van der Waals surface area (Å²) in [4.78, 5) is 40.4. The zero-order valence-electron chi connectivity index (χ0n) is 26.3. The van der Waals surface area contributed by atoms with Gasteiger partial charge in [-0.05, 0) is 70.9 Å². The lowest BCUT2D eigenvalue weighted by Crippen LogP contribution is -2.31. The average Bonchev–Trinajstić information content (AvgIpc) is 3.50. The summed E-state index contributed by atoms with van der Waals surface area (Å²) in [6.07, 6.45) is 10.2. The average molecular weight is 637 g/mol. The molecule has 0 radical (unpaired) electrons. The van der Waals surface area contributed by atoms with E-state index in [1.165, 1.54) is 17.7 Å². The van der Waals surface area contributed by atoms with E-state index in [-0.39, 0.29) is 29.6 Å². The standard InChI is InChI=1S/C33H38N4O7S/c1-32(2)23-11-10-19-35(5)31(23)34-26(32)12-9-13-27-33(3,4)24-21-22(45(41,42)43)15-16-25(24)36(27)20-8-6-7-14-30(40)44-37-28(38)17-18-29(37)39/h9-13,15-16,19,21H,6-8,14,17-18,20H2,1-5H3/p+2. The molecule has 2 N–H and O–H groups in total. The minimum absolute atomic E-state index is 0.0521. The summed E-state index contributed by atoms with van der Waals surface area (Å²) in [5.74, 6) is -0.575. The highest BCUT2D eigenvalue weighted by Crippen LogP contribution is 2.43. The molecular formula is C33H40N4O7S+2. The Morgan fingerprint density at radius 1 is 1.04 bits per heavy atom. The molecule has 1 aromatic carbocycles. The number of hydroxylamine groups is 2. The Morgan fingerprint density at radius 3 is 2.42 bits per heavy atom. The van der Waals surface area contributed by atoms with E-state index >= 15 is 0 Å². The molecule has 12 heteroatoms. The van der Waals surface area contributed by atoms with E-state index in [4.69, 9.17) is 4.84 Å². The number of carbonyl (C=O) groups is 3. The van der Waals surface area contributed by atoms with Gasteiger partial charge >= 0.3 is 5.97 Å². The number of aromatic nitrogens is 1. The van der Waals surface area contributed by atoms with Crippen LogP contribution in [0.15, 0.2) is 65.3 Å². The molecule has 2 amide bonds. The molecule has 1 fully saturated rings. The zero-order chi connectivity index (χ0) is 32.7. The number of nitrogens with one attached hydrogen (secondary N) is 1. The number of anilines is 1. The van der Waals surface area contributed by atoms with E-state index in [9.17, 15) is 27.4 Å². The first-order valence-electron chi connectivity index (χ1n) is 15.1. The van der Waals surface area contributed by atoms with Crippen molar-refractivity contribution >= 4 is 45.1 Å². The van der Waals surface area contributed by atoms with Crippen LogP contribution in [0.4, 0.5) is 11.5 Å². The second-order valence-corrected chi connectivity index (χ2v) is 14.2. The van der Waals surface area contributed by atoms with Gasteiger partial charge < -0.3 is 4.84 Å². The van der Waals surface area contributed by atoms with Crippen LogP contribution in [0.2, 0.25) is 0 Å². The van der Waals surface area contributed by atoms with Gasteiger partial charge in [0.15, 0.2) is 5.71 Å². The third-order valence-corrected chi connectivity index (χ3v) is 9.77. The second kappa shape index (κ2) is 12.0. The molecular weight excluding hydrogens is 596 g/mol. The van der Waals surface area contributed by atoms with Gasteiger partial charge in [-0.1, -0.05) is 6.08 Å². The van der Waals surface area contributed by atoms with Crippen LogP contribution in [0.25, 0.3) is 0 Å². The van der Waals surface area contributed by atoms with Crippen molar-refractivity contribution in [2.24, 2.45) is 7.05 Å². The molecule has 3 aliphatic rings. The number of hydrogen-bond donors (Lipinski definition) is 2. The molecule has 0 saturated carbocycles. The summed E-state index contributed by atoms with van der Waals surface area (Å²) in [5.41, 5.74) is 4.06. The monoisotopic (exact) mass is 636 g/mol. The fraction of sp³-hybridized carbons (Fsp3) is 0.424. The van der Waals surface area contributed by atoms with Gasteiger partial charge in [0, 0.05) is 43.4 Å². The molecule has 0 bridgehead atoms. The highest BCUT2D eigenvalue weighted by atomic mass is 32.2. The maximum absolute atomic E-state index is 12.2. The third-order valence-electron chi connectivity index (χ3n) is 8.92. The Labute approximate surface area is 263 Å². The Bertz CT molecular complexity index is 1770. The predicted octanol–water partition coefficient (Wildman–Crippen LogP) is 4.15. The Kier molecular flexibility index (Phi) is 8.58. The van der Waals surface area contributed by atoms with Crippen LogP contribution in [0.1, 0.15) is 77.3 Å². The third kappa shape index (κ3) is 6.21. The van der Waals surface area contributed by atoms with Gasteiger partial charge in [0.1, 0.15) is 12.2 Å². The topological polar surface area (TPSA) is 137 Å². The summed E-state index contributed by atoms with van der Waals surface area (Å²) < 4.78 is 37.9. The summed E-state index contributed by atoms with van der Waals surface area (Å²) in [6.45, 7) is 9.00. The maximum Gasteiger partial charge on any atom is 0.333 e. The van der Waals surface area contributed by atoms with E-state index < -0.39 is 33.3 Å². The number of unbranched alkanes of at least 4 members (excludes halogenated alkanes) is 2. The molecule has 3 aliphatic heterocycles. The van der Waals surface area contributed by atoms with Crippen molar-refractivity contribution in [1.82, 2.24) is 5.06 Å². The number of nitrogens with zero attached hydrogens (tertiary/aromatic N) is 3. The van der Waals surface area contributed by atoms with Gasteiger partial charge in [0.25, 0.3) is 27.8 Å². The number of fused-ring (bicyclic) bond motifs is 2. The number of rotatable bonds is 10. The second-order valence-electron chi connectivity index (χ2n) is 12.7. The molecule has 0 spiro atoms. The summed E-state index contributed by atoms with van der Waals surface area (Å²) in [5, 5.41) is 4.12. The van der Waals surface area contributed by atoms with Gasteiger partial charge in [-0.25, -0.2) is 14.7 Å². The predicted molar refractivity (Wildman–Crippen MR) is 166 cm³/mol. The number of benzene rings is 1. The molecule has 0 unspecified atom stereocenters. The Morgan fingerprint density at radius 2 is 1.76 bits per heavy atom. The SMILES string of the molecule is C[n+]1cccc2c1N/C(=C/C=C/C1=[N+](CCCCCC(=O)ON3C(=O)CCC3=O)c3ccc(S(=O)(=O)O)cc3C1(C)C)C2(C)C. The van der Waals surface area contributed by atoms with E-state index in [0.29, 0.717) is 30.9 Å². The number of hydrogen-bond acceptors (Lipinski definition) is 7. The fourth-order valence-corrected chi connectivity index (χ4v) is 6.77. The van der Waals surface area contributed by atoms with Crippen molar-refractivity contribution in [2.75, 3.05) is 11.9 Å². The smallest absolute Gasteiger partial charge is 0.330 e. The summed E-state index contributed by atoms with van der Waals surface area (Å²) in [7, 11) is -2.38. The molecule has 1 aromatic heterocycles. The Balaban J connectivity index is 1.35. The van der Waals surface area contributed by atoms with Crippen molar-refractivity contribution in [3.63, 3.8) is 0 Å². The minimum Gasteiger partial charge on any atom is -0.330 e. The molecule has 5 rings (SSSR count). The van der Waals surface area contributed by atoms with Gasteiger partial charge in [0.05, 0.1) is 34.5 Å². The number of allylic oxidation sites excluding steroid dienone is 4. The van der Waals surface area contributed by atoms with Crippen LogP contribution in [-0.2, 0) is 47.2 Å². The number of carbonyl (C=O) groups excluding carboxylic acids is 3. The van der Waals surface area contributed by atoms with E-state index in [0.717, 1.165) is 28.5 Å². The van der Waals surface area contributed by atoms with Crippen LogP contribution in [0.5, 0.6) is 0 Å². The quantitative estimate of drug-likeness (QED) is 0.172. The molecule has 238 valence electrons. The Hall–Kier alpha value is -4.16. The largest absolute Gasteiger partial charge is 0.333 e. The van der Waals surface area contributed by atoms with Crippen LogP contribution in [-0.4, -0.2) is 52.6 Å². The summed E-state index contributed by atoms with van der Waals surface area (Å²) in [6, 6.07) is 8.82. The van der Waals surface area contributed by atoms with Crippen molar-refractivity contribution in [3.8, 4) is 0 Å². The molecule has 4 heterocycles. The van der Waals surface area contributed by atoms with E-state index in [1.54, 1.807) is 6.07 Å². The fourth-order valence-electron chi connectivity index (χ4n) is 6.26. The molecule has 0 aliphatic carbocycles. The van der Waals surface area contributed by atoms with Crippen LogP contribution >= 0.6 is 0 Å². The van der Waals surface area contributed by atoms with Crippen LogP contribution in [0, 0.1) is 0 Å². The number of imide groups is 1. The van der Waals surface area contributed by atoms with Gasteiger partial charge in [-0.15, -0.1) is 5.06 Å². The van der Waals surface area contributed by atoms with E-state index in [2.05, 4.69) is 40.4 Å². The minimum atomic E-state index is -4.38. The normalized spacial score (nSPS) is 19.4. The zero-order valence-corrected chi connectivity index (χ0v) is 27.1. The highest BCUT2D eigenvalue weighted by molar-refractivity contribution is 7.85.